The van der Waals surface area contributed by atoms with Crippen LogP contribution in [-0.4, -0.2) is 24.7 Å². The fraction of sp³-hybridized carbons (Fsp3) is 0.500. The lowest BCUT2D eigenvalue weighted by atomic mass is 10.1. The van der Waals surface area contributed by atoms with E-state index in [2.05, 4.69) is 31.2 Å². The Bertz CT molecular complexity index is 346. The summed E-state index contributed by atoms with van der Waals surface area (Å²) in [6.07, 6.45) is 1.49. The van der Waals surface area contributed by atoms with Gasteiger partial charge in [-0.05, 0) is 32.4 Å². The van der Waals surface area contributed by atoms with E-state index in [1.54, 1.807) is 14.0 Å². The van der Waals surface area contributed by atoms with Crippen LogP contribution in [0.4, 0.5) is 0 Å². The fourth-order valence-corrected chi connectivity index (χ4v) is 2.51. The monoisotopic (exact) mass is 252 g/mol. The molecule has 0 heterocycles. The van der Waals surface area contributed by atoms with Crippen LogP contribution in [0.15, 0.2) is 29.2 Å². The summed E-state index contributed by atoms with van der Waals surface area (Å²) in [6, 6.07) is 8.50. The molecule has 0 N–H and O–H groups in total. The number of carbonyl (C=O) groups is 1. The zero-order valence-corrected chi connectivity index (χ0v) is 11.5. The molecule has 0 bridgehead atoms. The van der Waals surface area contributed by atoms with Gasteiger partial charge in [-0.2, -0.15) is 0 Å². The first-order chi connectivity index (χ1) is 8.11. The van der Waals surface area contributed by atoms with Gasteiger partial charge in [-0.25, -0.2) is 0 Å². The van der Waals surface area contributed by atoms with E-state index in [1.807, 2.05) is 11.8 Å². The number of Topliss-reactive ketones (excluding diaryl/α,β-unsaturated/α-hetero) is 1. The number of hydrogen-bond acceptors (Lipinski definition) is 3. The second-order valence-corrected chi connectivity index (χ2v) is 5.38. The Morgan fingerprint density at radius 1 is 1.35 bits per heavy atom. The third kappa shape index (κ3) is 5.89. The number of hydrogen-bond donors (Lipinski definition) is 0. The van der Waals surface area contributed by atoms with E-state index >= 15 is 0 Å². The first-order valence-corrected chi connectivity index (χ1v) is 6.82. The first kappa shape index (κ1) is 14.3. The molecule has 0 radical (unpaired) electrons. The van der Waals surface area contributed by atoms with Gasteiger partial charge in [-0.1, -0.05) is 17.7 Å². The van der Waals surface area contributed by atoms with Crippen LogP contribution in [0.1, 0.15) is 25.3 Å². The van der Waals surface area contributed by atoms with Crippen LogP contribution < -0.4 is 0 Å². The van der Waals surface area contributed by atoms with Crippen molar-refractivity contribution in [3.63, 3.8) is 0 Å². The molecule has 0 aromatic heterocycles. The van der Waals surface area contributed by atoms with E-state index < -0.39 is 0 Å². The Morgan fingerprint density at radius 3 is 2.53 bits per heavy atom. The molecule has 0 spiro atoms. The lowest BCUT2D eigenvalue weighted by molar-refractivity contribution is -0.119. The predicted octanol–water partition coefficient (Wildman–Crippen LogP) is 3.47. The average molecular weight is 252 g/mol. The van der Waals surface area contributed by atoms with Crippen LogP contribution in [-0.2, 0) is 9.53 Å². The van der Waals surface area contributed by atoms with E-state index in [-0.39, 0.29) is 11.9 Å². The molecule has 1 unspecified atom stereocenters. The molecule has 0 saturated heterocycles. The van der Waals surface area contributed by atoms with Crippen molar-refractivity contribution in [2.75, 3.05) is 12.9 Å². The summed E-state index contributed by atoms with van der Waals surface area (Å²) in [6.45, 7) is 3.70. The van der Waals surface area contributed by atoms with Crippen molar-refractivity contribution >= 4 is 17.5 Å². The molecule has 94 valence electrons. The molecule has 0 saturated carbocycles. The molecule has 0 aliphatic rings. The van der Waals surface area contributed by atoms with Crippen molar-refractivity contribution < 1.29 is 9.53 Å². The highest BCUT2D eigenvalue weighted by atomic mass is 32.2. The van der Waals surface area contributed by atoms with Crippen molar-refractivity contribution in [1.29, 1.82) is 0 Å². The van der Waals surface area contributed by atoms with Crippen LogP contribution in [0.3, 0.4) is 0 Å². The maximum absolute atomic E-state index is 11.0. The number of aryl methyl sites for hydroxylation is 1. The van der Waals surface area contributed by atoms with Crippen molar-refractivity contribution in [2.24, 2.45) is 0 Å². The van der Waals surface area contributed by atoms with E-state index in [4.69, 9.17) is 4.74 Å². The van der Waals surface area contributed by atoms with Gasteiger partial charge in [0.1, 0.15) is 5.78 Å². The number of ketones is 1. The molecule has 1 aromatic rings. The zero-order chi connectivity index (χ0) is 12.7. The second-order valence-electron chi connectivity index (χ2n) is 4.21. The van der Waals surface area contributed by atoms with Gasteiger partial charge < -0.3 is 4.74 Å². The van der Waals surface area contributed by atoms with Crippen molar-refractivity contribution in [3.05, 3.63) is 29.8 Å². The Kier molecular flexibility index (Phi) is 6.30. The molecule has 0 aliphatic heterocycles. The molecule has 1 atom stereocenters. The predicted molar refractivity (Wildman–Crippen MR) is 72.6 cm³/mol. The molecule has 0 fully saturated rings. The molecular weight excluding hydrogens is 232 g/mol. The minimum atomic E-state index is 0.0606. The zero-order valence-electron chi connectivity index (χ0n) is 10.7. The fourth-order valence-electron chi connectivity index (χ4n) is 1.57. The highest BCUT2D eigenvalue weighted by Gasteiger charge is 2.09. The van der Waals surface area contributed by atoms with Gasteiger partial charge in [0.05, 0.1) is 6.10 Å². The Morgan fingerprint density at radius 2 is 2.00 bits per heavy atom. The standard InChI is InChI=1S/C14H20O2S/c1-11-4-6-14(7-5-11)17-9-8-13(16-3)10-12(2)15/h4-7,13H,8-10H2,1-3H3. The summed E-state index contributed by atoms with van der Waals surface area (Å²) >= 11 is 1.81. The summed E-state index contributed by atoms with van der Waals surface area (Å²) in [5.41, 5.74) is 1.28. The molecule has 1 aromatic carbocycles. The van der Waals surface area contributed by atoms with Crippen LogP contribution in [0, 0.1) is 6.92 Å². The van der Waals surface area contributed by atoms with Gasteiger partial charge in [0, 0.05) is 24.2 Å². The first-order valence-electron chi connectivity index (χ1n) is 5.83. The number of carbonyl (C=O) groups excluding carboxylic acids is 1. The minimum absolute atomic E-state index is 0.0606. The normalized spacial score (nSPS) is 12.4. The van der Waals surface area contributed by atoms with Crippen LogP contribution >= 0.6 is 11.8 Å². The summed E-state index contributed by atoms with van der Waals surface area (Å²) < 4.78 is 5.28. The maximum Gasteiger partial charge on any atom is 0.132 e. The van der Waals surface area contributed by atoms with Gasteiger partial charge in [-0.15, -0.1) is 11.8 Å². The van der Waals surface area contributed by atoms with Crippen LogP contribution in [0.5, 0.6) is 0 Å². The third-order valence-electron chi connectivity index (χ3n) is 2.58. The summed E-state index contributed by atoms with van der Waals surface area (Å²) in [4.78, 5) is 12.3. The number of methoxy groups -OCH3 is 1. The van der Waals surface area contributed by atoms with Gasteiger partial charge >= 0.3 is 0 Å². The van der Waals surface area contributed by atoms with E-state index in [9.17, 15) is 4.79 Å². The number of rotatable bonds is 7. The minimum Gasteiger partial charge on any atom is -0.381 e. The third-order valence-corrected chi connectivity index (χ3v) is 3.62. The maximum atomic E-state index is 11.0. The summed E-state index contributed by atoms with van der Waals surface area (Å²) in [7, 11) is 1.67. The van der Waals surface area contributed by atoms with Gasteiger partial charge in [0.2, 0.25) is 0 Å². The highest BCUT2D eigenvalue weighted by molar-refractivity contribution is 7.99. The van der Waals surface area contributed by atoms with Crippen molar-refractivity contribution in [2.45, 2.75) is 37.7 Å². The summed E-state index contributed by atoms with van der Waals surface area (Å²) in [5, 5.41) is 0. The lowest BCUT2D eigenvalue weighted by Crippen LogP contribution is -2.15. The molecule has 1 rings (SSSR count). The smallest absolute Gasteiger partial charge is 0.132 e. The Hall–Kier alpha value is -0.800. The quantitative estimate of drug-likeness (QED) is 0.695. The van der Waals surface area contributed by atoms with Gasteiger partial charge in [-0.3, -0.25) is 4.79 Å². The molecular formula is C14H20O2S. The average Bonchev–Trinajstić information content (AvgIpc) is 2.30. The lowest BCUT2D eigenvalue weighted by Gasteiger charge is -2.13. The van der Waals surface area contributed by atoms with E-state index in [1.165, 1.54) is 10.5 Å². The van der Waals surface area contributed by atoms with E-state index in [0.29, 0.717) is 6.42 Å². The van der Waals surface area contributed by atoms with Crippen molar-refractivity contribution in [3.8, 4) is 0 Å². The Balaban J connectivity index is 2.30. The van der Waals surface area contributed by atoms with Crippen LogP contribution in [0.2, 0.25) is 0 Å². The molecule has 17 heavy (non-hydrogen) atoms. The number of ether oxygens (including phenoxy) is 1. The molecule has 0 amide bonds. The topological polar surface area (TPSA) is 26.3 Å². The molecule has 2 nitrogen and oxygen atoms in total. The summed E-state index contributed by atoms with van der Waals surface area (Å²) in [5.74, 6) is 1.17. The Labute approximate surface area is 108 Å². The molecule has 0 aliphatic carbocycles. The molecule has 3 heteroatoms. The van der Waals surface area contributed by atoms with Crippen LogP contribution in [0.25, 0.3) is 0 Å². The number of benzene rings is 1. The van der Waals surface area contributed by atoms with Gasteiger partial charge in [0.25, 0.3) is 0 Å². The van der Waals surface area contributed by atoms with Gasteiger partial charge in [0.15, 0.2) is 0 Å². The number of thioether (sulfide) groups is 1. The van der Waals surface area contributed by atoms with E-state index in [0.717, 1.165) is 12.2 Å². The SMILES string of the molecule is COC(CCSc1ccc(C)cc1)CC(C)=O. The largest absolute Gasteiger partial charge is 0.381 e. The second kappa shape index (κ2) is 7.51. The highest BCUT2D eigenvalue weighted by Crippen LogP contribution is 2.20. The van der Waals surface area contributed by atoms with Crippen molar-refractivity contribution in [1.82, 2.24) is 0 Å².